The van der Waals surface area contributed by atoms with Crippen LogP contribution in [0, 0.1) is 0 Å². The van der Waals surface area contributed by atoms with Gasteiger partial charge in [0.25, 0.3) is 5.91 Å². The molecule has 4 nitrogen and oxygen atoms in total. The second-order valence-corrected chi connectivity index (χ2v) is 4.10. The molecule has 0 aliphatic heterocycles. The van der Waals surface area contributed by atoms with E-state index in [0.717, 1.165) is 10.9 Å². The molecule has 0 bridgehead atoms. The van der Waals surface area contributed by atoms with Gasteiger partial charge in [-0.15, -0.1) is 0 Å². The number of aromatic nitrogens is 2. The fourth-order valence-corrected chi connectivity index (χ4v) is 1.59. The van der Waals surface area contributed by atoms with Gasteiger partial charge in [0, 0.05) is 13.1 Å². The number of carbonyl (C=O) groups is 1. The summed E-state index contributed by atoms with van der Waals surface area (Å²) >= 11 is 3.29. The number of aryl methyl sites for hydroxylation is 1. The van der Waals surface area contributed by atoms with Crippen LogP contribution in [0.15, 0.2) is 10.7 Å². The molecule has 0 aliphatic carbocycles. The first-order valence-electron chi connectivity index (χ1n) is 4.54. The summed E-state index contributed by atoms with van der Waals surface area (Å²) in [5, 5.41) is 6.86. The maximum atomic E-state index is 11.7. The molecule has 0 aromatic carbocycles. The average Bonchev–Trinajstić information content (AvgIpc) is 2.46. The number of halogens is 1. The minimum atomic E-state index is -0.0915. The molecule has 1 atom stereocenters. The van der Waals surface area contributed by atoms with E-state index in [4.69, 9.17) is 0 Å². The second kappa shape index (κ2) is 4.59. The van der Waals surface area contributed by atoms with Crippen molar-refractivity contribution in [2.45, 2.75) is 26.3 Å². The molecule has 1 aromatic heterocycles. The monoisotopic (exact) mass is 259 g/mol. The number of nitrogens with zero attached hydrogens (tertiary/aromatic N) is 2. The number of nitrogens with one attached hydrogen (secondary N) is 1. The van der Waals surface area contributed by atoms with Gasteiger partial charge >= 0.3 is 0 Å². The highest BCUT2D eigenvalue weighted by molar-refractivity contribution is 9.10. The van der Waals surface area contributed by atoms with Gasteiger partial charge < -0.3 is 5.32 Å². The topological polar surface area (TPSA) is 46.9 Å². The number of carbonyl (C=O) groups excluding carboxylic acids is 1. The summed E-state index contributed by atoms with van der Waals surface area (Å²) in [7, 11) is 1.75. The molecule has 0 radical (unpaired) electrons. The molecule has 1 amide bonds. The predicted molar refractivity (Wildman–Crippen MR) is 58.1 cm³/mol. The fourth-order valence-electron chi connectivity index (χ4n) is 1.06. The fraction of sp³-hybridized carbons (Fsp3) is 0.556. The summed E-state index contributed by atoms with van der Waals surface area (Å²) in [5.74, 6) is -0.0915. The molecule has 1 aromatic rings. The second-order valence-electron chi connectivity index (χ2n) is 3.25. The van der Waals surface area contributed by atoms with E-state index < -0.39 is 0 Å². The molecule has 0 saturated carbocycles. The highest BCUT2D eigenvalue weighted by Gasteiger charge is 2.16. The third-order valence-corrected chi connectivity index (χ3v) is 2.68. The zero-order valence-electron chi connectivity index (χ0n) is 8.54. The highest BCUT2D eigenvalue weighted by Crippen LogP contribution is 2.14. The zero-order valence-corrected chi connectivity index (χ0v) is 10.1. The van der Waals surface area contributed by atoms with Crippen LogP contribution in [0.25, 0.3) is 0 Å². The van der Waals surface area contributed by atoms with E-state index in [2.05, 4.69) is 26.3 Å². The van der Waals surface area contributed by atoms with E-state index in [-0.39, 0.29) is 11.9 Å². The lowest BCUT2D eigenvalue weighted by Crippen LogP contribution is -2.33. The van der Waals surface area contributed by atoms with E-state index >= 15 is 0 Å². The SMILES string of the molecule is CCC(C)NC(=O)c1c(Br)cnn1C. The van der Waals surface area contributed by atoms with Crippen LogP contribution in [0.2, 0.25) is 0 Å². The number of amides is 1. The summed E-state index contributed by atoms with van der Waals surface area (Å²) in [5.41, 5.74) is 0.560. The molecular weight excluding hydrogens is 246 g/mol. The van der Waals surface area contributed by atoms with Gasteiger partial charge in [-0.2, -0.15) is 5.10 Å². The highest BCUT2D eigenvalue weighted by atomic mass is 79.9. The van der Waals surface area contributed by atoms with Crippen LogP contribution in [0.4, 0.5) is 0 Å². The van der Waals surface area contributed by atoms with Crippen molar-refractivity contribution in [1.29, 1.82) is 0 Å². The summed E-state index contributed by atoms with van der Waals surface area (Å²) < 4.78 is 2.28. The molecule has 0 aliphatic rings. The first-order chi connectivity index (χ1) is 6.56. The summed E-state index contributed by atoms with van der Waals surface area (Å²) in [6.45, 7) is 4.01. The number of hydrogen-bond donors (Lipinski definition) is 1. The Bertz CT molecular complexity index is 315. The van der Waals surface area contributed by atoms with Crippen molar-refractivity contribution in [2.75, 3.05) is 0 Å². The lowest BCUT2D eigenvalue weighted by molar-refractivity contribution is 0.0929. The molecule has 1 unspecified atom stereocenters. The Balaban J connectivity index is 2.79. The third-order valence-electron chi connectivity index (χ3n) is 2.10. The van der Waals surface area contributed by atoms with Crippen LogP contribution >= 0.6 is 15.9 Å². The van der Waals surface area contributed by atoms with Gasteiger partial charge in [0.1, 0.15) is 5.69 Å². The van der Waals surface area contributed by atoms with Crippen LogP contribution in [-0.2, 0) is 7.05 Å². The molecule has 1 N–H and O–H groups in total. The molecule has 5 heteroatoms. The molecule has 78 valence electrons. The number of rotatable bonds is 3. The quantitative estimate of drug-likeness (QED) is 0.899. The molecule has 0 saturated heterocycles. The predicted octanol–water partition coefficient (Wildman–Crippen LogP) is 1.71. The maximum absolute atomic E-state index is 11.7. The van der Waals surface area contributed by atoms with Gasteiger partial charge in [0.05, 0.1) is 10.7 Å². The van der Waals surface area contributed by atoms with Crippen LogP contribution in [-0.4, -0.2) is 21.7 Å². The normalized spacial score (nSPS) is 12.6. The van der Waals surface area contributed by atoms with Crippen LogP contribution in [0.5, 0.6) is 0 Å². The van der Waals surface area contributed by atoms with Crippen molar-refractivity contribution in [3.05, 3.63) is 16.4 Å². The van der Waals surface area contributed by atoms with E-state index in [1.807, 2.05) is 13.8 Å². The van der Waals surface area contributed by atoms with Crippen molar-refractivity contribution in [3.8, 4) is 0 Å². The zero-order chi connectivity index (χ0) is 10.7. The lowest BCUT2D eigenvalue weighted by atomic mass is 10.2. The Morgan fingerprint density at radius 2 is 2.43 bits per heavy atom. The van der Waals surface area contributed by atoms with Crippen LogP contribution in [0.1, 0.15) is 30.8 Å². The van der Waals surface area contributed by atoms with Crippen molar-refractivity contribution in [2.24, 2.45) is 7.05 Å². The lowest BCUT2D eigenvalue weighted by Gasteiger charge is -2.11. The molecule has 1 rings (SSSR count). The summed E-state index contributed by atoms with van der Waals surface area (Å²) in [6.07, 6.45) is 2.53. The van der Waals surface area contributed by atoms with Gasteiger partial charge in [-0.3, -0.25) is 9.48 Å². The van der Waals surface area contributed by atoms with Gasteiger partial charge in [-0.05, 0) is 29.3 Å². The first-order valence-corrected chi connectivity index (χ1v) is 5.34. The van der Waals surface area contributed by atoms with E-state index in [0.29, 0.717) is 5.69 Å². The number of hydrogen-bond acceptors (Lipinski definition) is 2. The molecule has 0 fully saturated rings. The molecule has 1 heterocycles. The molecule has 14 heavy (non-hydrogen) atoms. The summed E-state index contributed by atoms with van der Waals surface area (Å²) in [4.78, 5) is 11.7. The van der Waals surface area contributed by atoms with Gasteiger partial charge in [0.2, 0.25) is 0 Å². The Hall–Kier alpha value is -0.840. The van der Waals surface area contributed by atoms with Crippen molar-refractivity contribution >= 4 is 21.8 Å². The van der Waals surface area contributed by atoms with Gasteiger partial charge in [0.15, 0.2) is 0 Å². The Morgan fingerprint density at radius 3 is 2.86 bits per heavy atom. The van der Waals surface area contributed by atoms with E-state index in [1.165, 1.54) is 0 Å². The van der Waals surface area contributed by atoms with Crippen molar-refractivity contribution in [1.82, 2.24) is 15.1 Å². The minimum Gasteiger partial charge on any atom is -0.348 e. The largest absolute Gasteiger partial charge is 0.348 e. The molecule has 0 spiro atoms. The Labute approximate surface area is 91.8 Å². The van der Waals surface area contributed by atoms with E-state index in [1.54, 1.807) is 17.9 Å². The first kappa shape index (κ1) is 11.2. The molecular formula is C9H14BrN3O. The standard InChI is InChI=1S/C9H14BrN3O/c1-4-6(2)12-9(14)8-7(10)5-11-13(8)3/h5-6H,4H2,1-3H3,(H,12,14). The minimum absolute atomic E-state index is 0.0915. The van der Waals surface area contributed by atoms with Gasteiger partial charge in [-0.25, -0.2) is 0 Å². The van der Waals surface area contributed by atoms with Crippen molar-refractivity contribution in [3.63, 3.8) is 0 Å². The Kier molecular flexibility index (Phi) is 3.69. The van der Waals surface area contributed by atoms with Crippen LogP contribution in [0.3, 0.4) is 0 Å². The Morgan fingerprint density at radius 1 is 1.79 bits per heavy atom. The summed E-state index contributed by atoms with van der Waals surface area (Å²) in [6, 6.07) is 0.185. The average molecular weight is 260 g/mol. The van der Waals surface area contributed by atoms with Crippen molar-refractivity contribution < 1.29 is 4.79 Å². The van der Waals surface area contributed by atoms with E-state index in [9.17, 15) is 4.79 Å². The van der Waals surface area contributed by atoms with Gasteiger partial charge in [-0.1, -0.05) is 6.92 Å². The smallest absolute Gasteiger partial charge is 0.270 e. The van der Waals surface area contributed by atoms with Crippen LogP contribution < -0.4 is 5.32 Å². The maximum Gasteiger partial charge on any atom is 0.270 e. The third kappa shape index (κ3) is 2.35.